The fourth-order valence-corrected chi connectivity index (χ4v) is 2.97. The van der Waals surface area contributed by atoms with Gasteiger partial charge in [-0.05, 0) is 63.5 Å². The number of allylic oxidation sites excluding steroid dienone is 2. The van der Waals surface area contributed by atoms with Gasteiger partial charge < -0.3 is 0 Å². The van der Waals surface area contributed by atoms with Crippen LogP contribution in [0.2, 0.25) is 0 Å². The Hall–Kier alpha value is -2.03. The molecule has 0 aliphatic heterocycles. The lowest BCUT2D eigenvalue weighted by atomic mass is 9.85. The lowest BCUT2D eigenvalue weighted by Gasteiger charge is -2.20. The number of hydrogen-bond donors (Lipinski definition) is 0. The highest BCUT2D eigenvalue weighted by atomic mass is 16.1. The van der Waals surface area contributed by atoms with Crippen LogP contribution in [0.3, 0.4) is 0 Å². The number of aryl methyl sites for hydroxylation is 2. The van der Waals surface area contributed by atoms with Gasteiger partial charge in [-0.3, -0.25) is 4.79 Å². The van der Waals surface area contributed by atoms with Crippen LogP contribution in [0.15, 0.2) is 17.7 Å². The first-order valence-electron chi connectivity index (χ1n) is 6.82. The van der Waals surface area contributed by atoms with E-state index >= 15 is 0 Å². The molecule has 1 aromatic carbocycles. The van der Waals surface area contributed by atoms with E-state index in [0.717, 1.165) is 39.9 Å². The van der Waals surface area contributed by atoms with Crippen LogP contribution in [0.1, 0.15) is 43.3 Å². The number of carbonyl (C=O) groups excluding carboxylic acids is 1. The summed E-state index contributed by atoms with van der Waals surface area (Å²) in [6.45, 7) is 10.2. The first-order chi connectivity index (χ1) is 9.36. The molecule has 0 saturated carbocycles. The van der Waals surface area contributed by atoms with Crippen LogP contribution in [0.25, 0.3) is 16.6 Å². The van der Waals surface area contributed by atoms with E-state index in [4.69, 9.17) is 9.97 Å². The largest absolute Gasteiger partial charge is 0.298 e. The quantitative estimate of drug-likeness (QED) is 0.742. The number of carbonyl (C=O) groups is 1. The van der Waals surface area contributed by atoms with Gasteiger partial charge in [0.25, 0.3) is 0 Å². The number of hydrogen-bond acceptors (Lipinski definition) is 3. The third-order valence-corrected chi connectivity index (χ3v) is 4.42. The van der Waals surface area contributed by atoms with Crippen LogP contribution in [0.4, 0.5) is 0 Å². The summed E-state index contributed by atoms with van der Waals surface area (Å²) in [6, 6.07) is 4.14. The normalized spacial score (nSPS) is 16.6. The highest BCUT2D eigenvalue weighted by Crippen LogP contribution is 2.43. The molecular formula is C17H18N2O. The molecule has 0 saturated heterocycles. The van der Waals surface area contributed by atoms with Crippen LogP contribution in [-0.4, -0.2) is 16.3 Å². The minimum Gasteiger partial charge on any atom is -0.298 e. The maximum Gasteiger partial charge on any atom is 0.147 e. The summed E-state index contributed by atoms with van der Waals surface area (Å²) < 4.78 is 0. The van der Waals surface area contributed by atoms with Gasteiger partial charge in [0.2, 0.25) is 0 Å². The number of fused-ring (bicyclic) bond motifs is 2. The monoisotopic (exact) mass is 266 g/mol. The van der Waals surface area contributed by atoms with Gasteiger partial charge in [0, 0.05) is 11.0 Å². The fourth-order valence-electron chi connectivity index (χ4n) is 2.97. The Kier molecular flexibility index (Phi) is 2.58. The van der Waals surface area contributed by atoms with Crippen LogP contribution < -0.4 is 0 Å². The fraction of sp³-hybridized carbons (Fsp3) is 0.353. The molecule has 1 aliphatic rings. The van der Waals surface area contributed by atoms with Gasteiger partial charge in [0.1, 0.15) is 6.29 Å². The Morgan fingerprint density at radius 1 is 1.00 bits per heavy atom. The highest BCUT2D eigenvalue weighted by Gasteiger charge is 2.38. The summed E-state index contributed by atoms with van der Waals surface area (Å²) in [6.07, 6.45) is 0.944. The van der Waals surface area contributed by atoms with Crippen molar-refractivity contribution in [3.8, 4) is 0 Å². The lowest BCUT2D eigenvalue weighted by molar-refractivity contribution is -0.105. The second-order valence-electron chi connectivity index (χ2n) is 6.13. The van der Waals surface area contributed by atoms with Gasteiger partial charge >= 0.3 is 0 Å². The minimum atomic E-state index is -0.360. The minimum absolute atomic E-state index is 0.360. The van der Waals surface area contributed by atoms with Crippen molar-refractivity contribution in [2.75, 3.05) is 0 Å². The van der Waals surface area contributed by atoms with E-state index in [-0.39, 0.29) is 5.41 Å². The van der Waals surface area contributed by atoms with Crippen LogP contribution in [-0.2, 0) is 10.2 Å². The standard InChI is InChI=1S/C17H18N2O/c1-9-6-13-14(7-10(9)2)19-16-15(18-13)11(3)12(8-20)17(16,4)5/h6-8H,1-5H3. The molecule has 0 spiro atoms. The number of aldehydes is 1. The lowest BCUT2D eigenvalue weighted by Crippen LogP contribution is -2.20. The summed E-state index contributed by atoms with van der Waals surface area (Å²) in [4.78, 5) is 20.9. The molecule has 3 heteroatoms. The van der Waals surface area contributed by atoms with Crippen molar-refractivity contribution >= 4 is 22.9 Å². The molecule has 0 atom stereocenters. The molecule has 3 nitrogen and oxygen atoms in total. The van der Waals surface area contributed by atoms with Crippen molar-refractivity contribution in [3.05, 3.63) is 40.2 Å². The van der Waals surface area contributed by atoms with E-state index in [1.807, 2.05) is 20.8 Å². The van der Waals surface area contributed by atoms with Crippen LogP contribution >= 0.6 is 0 Å². The number of nitrogens with zero attached hydrogens (tertiary/aromatic N) is 2. The zero-order valence-corrected chi connectivity index (χ0v) is 12.5. The molecule has 1 aromatic heterocycles. The SMILES string of the molecule is CC1=C(C=O)C(C)(C)c2nc3cc(C)c(C)cc3nc21. The Morgan fingerprint density at radius 3 is 2.10 bits per heavy atom. The van der Waals surface area contributed by atoms with Crippen molar-refractivity contribution in [1.29, 1.82) is 0 Å². The van der Waals surface area contributed by atoms with E-state index in [1.165, 1.54) is 11.1 Å². The molecule has 1 heterocycles. The average Bonchev–Trinajstić information content (AvgIpc) is 2.56. The third-order valence-electron chi connectivity index (χ3n) is 4.42. The summed E-state index contributed by atoms with van der Waals surface area (Å²) >= 11 is 0. The molecule has 0 amide bonds. The van der Waals surface area contributed by atoms with Gasteiger partial charge in [-0.1, -0.05) is 0 Å². The van der Waals surface area contributed by atoms with Gasteiger partial charge in [0.05, 0.1) is 22.4 Å². The highest BCUT2D eigenvalue weighted by molar-refractivity contribution is 5.95. The van der Waals surface area contributed by atoms with E-state index in [1.54, 1.807) is 0 Å². The van der Waals surface area contributed by atoms with Crippen LogP contribution in [0, 0.1) is 13.8 Å². The summed E-state index contributed by atoms with van der Waals surface area (Å²) in [5, 5.41) is 0. The predicted molar refractivity (Wildman–Crippen MR) is 80.7 cm³/mol. The third kappa shape index (κ3) is 1.56. The van der Waals surface area contributed by atoms with Gasteiger partial charge in [-0.25, -0.2) is 9.97 Å². The van der Waals surface area contributed by atoms with Crippen molar-refractivity contribution in [1.82, 2.24) is 9.97 Å². The maximum absolute atomic E-state index is 11.4. The van der Waals surface area contributed by atoms with Crippen molar-refractivity contribution in [2.45, 2.75) is 40.0 Å². The molecule has 3 rings (SSSR count). The molecule has 0 N–H and O–H groups in total. The average molecular weight is 266 g/mol. The maximum atomic E-state index is 11.4. The molecule has 20 heavy (non-hydrogen) atoms. The molecule has 0 fully saturated rings. The molecule has 2 aromatic rings. The zero-order valence-electron chi connectivity index (χ0n) is 12.5. The van der Waals surface area contributed by atoms with Gasteiger partial charge in [-0.15, -0.1) is 0 Å². The predicted octanol–water partition coefficient (Wildman–Crippen LogP) is 3.51. The molecule has 0 radical (unpaired) electrons. The first kappa shape index (κ1) is 13.0. The number of rotatable bonds is 1. The number of aromatic nitrogens is 2. The second kappa shape index (κ2) is 3.98. The van der Waals surface area contributed by atoms with Crippen molar-refractivity contribution in [3.63, 3.8) is 0 Å². The molecule has 0 unspecified atom stereocenters. The zero-order chi connectivity index (χ0) is 14.7. The topological polar surface area (TPSA) is 42.9 Å². The summed E-state index contributed by atoms with van der Waals surface area (Å²) in [5.41, 5.74) is 7.38. The second-order valence-corrected chi connectivity index (χ2v) is 6.13. The smallest absolute Gasteiger partial charge is 0.147 e. The van der Waals surface area contributed by atoms with E-state index in [0.29, 0.717) is 0 Å². The molecule has 1 aliphatic carbocycles. The Balaban J connectivity index is 2.38. The Bertz CT molecular complexity index is 785. The van der Waals surface area contributed by atoms with Gasteiger partial charge in [-0.2, -0.15) is 0 Å². The van der Waals surface area contributed by atoms with Crippen molar-refractivity contribution in [2.24, 2.45) is 0 Å². The Labute approximate surface area is 118 Å². The molecule has 0 bridgehead atoms. The van der Waals surface area contributed by atoms with Crippen molar-refractivity contribution < 1.29 is 4.79 Å². The van der Waals surface area contributed by atoms with E-state index in [9.17, 15) is 4.79 Å². The van der Waals surface area contributed by atoms with E-state index < -0.39 is 0 Å². The first-order valence-corrected chi connectivity index (χ1v) is 6.82. The van der Waals surface area contributed by atoms with E-state index in [2.05, 4.69) is 26.0 Å². The van der Waals surface area contributed by atoms with Gasteiger partial charge in [0.15, 0.2) is 0 Å². The summed E-state index contributed by atoms with van der Waals surface area (Å²) in [7, 11) is 0. The summed E-state index contributed by atoms with van der Waals surface area (Å²) in [5.74, 6) is 0. The number of benzene rings is 1. The Morgan fingerprint density at radius 2 is 1.55 bits per heavy atom. The van der Waals surface area contributed by atoms with Crippen LogP contribution in [0.5, 0.6) is 0 Å². The molecular weight excluding hydrogens is 248 g/mol. The molecule has 102 valence electrons.